The molecule has 0 unspecified atom stereocenters. The summed E-state index contributed by atoms with van der Waals surface area (Å²) in [7, 11) is 0. The minimum absolute atomic E-state index is 0.203. The van der Waals surface area contributed by atoms with Crippen LogP contribution in [0.1, 0.15) is 71.3 Å². The molecule has 1 aliphatic carbocycles. The number of piperidine rings is 1. The number of hydrogen-bond donors (Lipinski definition) is 2. The van der Waals surface area contributed by atoms with Crippen molar-refractivity contribution in [1.29, 1.82) is 0 Å². The van der Waals surface area contributed by atoms with Gasteiger partial charge in [0.2, 0.25) is 0 Å². The van der Waals surface area contributed by atoms with Crippen LogP contribution in [0.4, 0.5) is 23.7 Å². The Labute approximate surface area is 195 Å². The fraction of sp³-hybridized carbons (Fsp3) is 0.720. The van der Waals surface area contributed by atoms with Crippen LogP contribution >= 0.6 is 0 Å². The van der Waals surface area contributed by atoms with E-state index in [1.54, 1.807) is 6.07 Å². The van der Waals surface area contributed by atoms with Crippen molar-refractivity contribution in [2.24, 2.45) is 5.92 Å². The lowest BCUT2D eigenvalue weighted by atomic mass is 9.84. The molecular weight excluding hydrogens is 431 g/mol. The van der Waals surface area contributed by atoms with Gasteiger partial charge in [0.05, 0.1) is 5.56 Å². The smallest absolute Gasteiger partial charge is 0.416 e. The van der Waals surface area contributed by atoms with E-state index < -0.39 is 17.3 Å². The van der Waals surface area contributed by atoms with Gasteiger partial charge >= 0.3 is 12.3 Å². The van der Waals surface area contributed by atoms with E-state index in [2.05, 4.69) is 15.5 Å². The van der Waals surface area contributed by atoms with E-state index in [0.717, 1.165) is 70.6 Å². The maximum absolute atomic E-state index is 12.9. The van der Waals surface area contributed by atoms with E-state index in [1.165, 1.54) is 12.1 Å². The molecule has 2 fully saturated rings. The second-order valence-corrected chi connectivity index (χ2v) is 10.5. The number of likely N-dealkylation sites (tertiary alicyclic amines) is 1. The zero-order chi connectivity index (χ0) is 24.1. The van der Waals surface area contributed by atoms with Crippen LogP contribution < -0.4 is 10.6 Å². The zero-order valence-corrected chi connectivity index (χ0v) is 20.0. The van der Waals surface area contributed by atoms with Crippen molar-refractivity contribution in [3.8, 4) is 0 Å². The lowest BCUT2D eigenvalue weighted by Gasteiger charge is -2.35. The molecule has 8 heteroatoms. The van der Waals surface area contributed by atoms with Crippen LogP contribution in [0.2, 0.25) is 0 Å². The minimum atomic E-state index is -4.31. The third-order valence-corrected chi connectivity index (χ3v) is 6.57. The first kappa shape index (κ1) is 25.7. The van der Waals surface area contributed by atoms with Gasteiger partial charge in [-0.3, -0.25) is 0 Å². The van der Waals surface area contributed by atoms with Crippen molar-refractivity contribution >= 4 is 11.8 Å². The number of alkyl carbamates (subject to hydrolysis) is 1. The van der Waals surface area contributed by atoms with Gasteiger partial charge in [0.1, 0.15) is 5.60 Å². The second kappa shape index (κ2) is 11.0. The van der Waals surface area contributed by atoms with Gasteiger partial charge in [-0.1, -0.05) is 6.07 Å². The number of carbonyl (C=O) groups excluding carboxylic acids is 1. The van der Waals surface area contributed by atoms with Crippen LogP contribution in [0.25, 0.3) is 0 Å². The highest BCUT2D eigenvalue weighted by Gasteiger charge is 2.31. The Kier molecular flexibility index (Phi) is 8.54. The van der Waals surface area contributed by atoms with Crippen LogP contribution in [0, 0.1) is 5.92 Å². The van der Waals surface area contributed by atoms with Crippen molar-refractivity contribution in [2.45, 2.75) is 89.6 Å². The third-order valence-electron chi connectivity index (χ3n) is 6.57. The standard InChI is InChI=1S/C25H38F3N3O2/c1-24(2,3)33-23(32)30-20-9-7-18(8-10-20)11-14-31-15-12-21(13-16-31)29-22-6-4-5-19(17-22)25(26,27)28/h4-6,17-18,20-21,29H,7-16H2,1-3H3,(H,30,32). The number of nitrogens with zero attached hydrogens (tertiary/aromatic N) is 1. The Morgan fingerprint density at radius 2 is 1.70 bits per heavy atom. The summed E-state index contributed by atoms with van der Waals surface area (Å²) in [6.45, 7) is 8.60. The van der Waals surface area contributed by atoms with Crippen LogP contribution in [-0.2, 0) is 10.9 Å². The molecule has 1 saturated carbocycles. The summed E-state index contributed by atoms with van der Waals surface area (Å²) < 4.78 is 44.1. The Balaban J connectivity index is 1.32. The molecule has 33 heavy (non-hydrogen) atoms. The van der Waals surface area contributed by atoms with Gasteiger partial charge in [0.15, 0.2) is 0 Å². The Morgan fingerprint density at radius 1 is 1.03 bits per heavy atom. The number of hydrogen-bond acceptors (Lipinski definition) is 4. The van der Waals surface area contributed by atoms with Crippen molar-refractivity contribution in [3.05, 3.63) is 29.8 Å². The Morgan fingerprint density at radius 3 is 2.30 bits per heavy atom. The Hall–Kier alpha value is -1.96. The highest BCUT2D eigenvalue weighted by Crippen LogP contribution is 2.31. The molecule has 1 aliphatic heterocycles. The molecule has 186 valence electrons. The molecule has 2 N–H and O–H groups in total. The summed E-state index contributed by atoms with van der Waals surface area (Å²) in [4.78, 5) is 14.4. The van der Waals surface area contributed by atoms with Gasteiger partial charge in [0, 0.05) is 30.9 Å². The molecule has 1 heterocycles. The molecular formula is C25H38F3N3O2. The molecule has 0 atom stereocenters. The first-order valence-corrected chi connectivity index (χ1v) is 12.1. The maximum Gasteiger partial charge on any atom is 0.416 e. The summed E-state index contributed by atoms with van der Waals surface area (Å²) in [5.41, 5.74) is -0.543. The molecule has 0 aromatic heterocycles. The van der Waals surface area contributed by atoms with Gasteiger partial charge in [0.25, 0.3) is 0 Å². The van der Waals surface area contributed by atoms with Gasteiger partial charge in [-0.2, -0.15) is 13.2 Å². The van der Waals surface area contributed by atoms with Gasteiger partial charge < -0.3 is 20.3 Å². The van der Waals surface area contributed by atoms with Crippen LogP contribution in [-0.4, -0.2) is 48.3 Å². The molecule has 0 spiro atoms. The lowest BCUT2D eigenvalue weighted by Crippen LogP contribution is -2.42. The maximum atomic E-state index is 12.9. The Bertz CT molecular complexity index is 763. The normalized spacial score (nSPS) is 23.2. The van der Waals surface area contributed by atoms with Gasteiger partial charge in [-0.05, 0) is 96.4 Å². The van der Waals surface area contributed by atoms with Crippen molar-refractivity contribution < 1.29 is 22.7 Å². The zero-order valence-electron chi connectivity index (χ0n) is 20.0. The molecule has 1 amide bonds. The minimum Gasteiger partial charge on any atom is -0.444 e. The summed E-state index contributed by atoms with van der Waals surface area (Å²) in [6, 6.07) is 5.87. The number of nitrogens with one attached hydrogen (secondary N) is 2. The van der Waals surface area contributed by atoms with E-state index in [1.807, 2.05) is 20.8 Å². The van der Waals surface area contributed by atoms with E-state index in [-0.39, 0.29) is 18.2 Å². The number of alkyl halides is 3. The lowest BCUT2D eigenvalue weighted by molar-refractivity contribution is -0.137. The fourth-order valence-corrected chi connectivity index (χ4v) is 4.76. The largest absolute Gasteiger partial charge is 0.444 e. The molecule has 1 aromatic carbocycles. The molecule has 1 aromatic rings. The highest BCUT2D eigenvalue weighted by atomic mass is 19.4. The summed E-state index contributed by atoms with van der Waals surface area (Å²) in [5, 5.41) is 6.28. The molecule has 2 aliphatic rings. The monoisotopic (exact) mass is 469 g/mol. The average molecular weight is 470 g/mol. The molecule has 0 bridgehead atoms. The quantitative estimate of drug-likeness (QED) is 0.532. The molecule has 3 rings (SSSR count). The number of anilines is 1. The van der Waals surface area contributed by atoms with Crippen LogP contribution in [0.5, 0.6) is 0 Å². The first-order chi connectivity index (χ1) is 15.5. The average Bonchev–Trinajstić information content (AvgIpc) is 2.72. The fourth-order valence-electron chi connectivity index (χ4n) is 4.76. The summed E-state index contributed by atoms with van der Waals surface area (Å²) in [5.74, 6) is 0.683. The van der Waals surface area contributed by atoms with Gasteiger partial charge in [-0.25, -0.2) is 4.79 Å². The summed E-state index contributed by atoms with van der Waals surface area (Å²) in [6.07, 6.45) is 2.61. The molecule has 0 radical (unpaired) electrons. The predicted octanol–water partition coefficient (Wildman–Crippen LogP) is 6.06. The van der Waals surface area contributed by atoms with Gasteiger partial charge in [-0.15, -0.1) is 0 Å². The van der Waals surface area contributed by atoms with Crippen molar-refractivity contribution in [3.63, 3.8) is 0 Å². The van der Waals surface area contributed by atoms with E-state index in [4.69, 9.17) is 4.74 Å². The SMILES string of the molecule is CC(C)(C)OC(=O)NC1CCC(CCN2CCC(Nc3cccc(C(F)(F)F)c3)CC2)CC1. The molecule has 1 saturated heterocycles. The topological polar surface area (TPSA) is 53.6 Å². The first-order valence-electron chi connectivity index (χ1n) is 12.1. The highest BCUT2D eigenvalue weighted by molar-refractivity contribution is 5.68. The van der Waals surface area contributed by atoms with Crippen LogP contribution in [0.15, 0.2) is 24.3 Å². The number of rotatable bonds is 6. The number of carbonyl (C=O) groups is 1. The van der Waals surface area contributed by atoms with Crippen molar-refractivity contribution in [1.82, 2.24) is 10.2 Å². The predicted molar refractivity (Wildman–Crippen MR) is 124 cm³/mol. The number of amides is 1. The van der Waals surface area contributed by atoms with Crippen molar-refractivity contribution in [2.75, 3.05) is 25.0 Å². The van der Waals surface area contributed by atoms with E-state index in [0.29, 0.717) is 11.6 Å². The third kappa shape index (κ3) is 8.72. The number of halogens is 3. The second-order valence-electron chi connectivity index (χ2n) is 10.5. The number of ether oxygens (including phenoxy) is 1. The van der Waals surface area contributed by atoms with E-state index in [9.17, 15) is 18.0 Å². The molecule has 5 nitrogen and oxygen atoms in total. The summed E-state index contributed by atoms with van der Waals surface area (Å²) >= 11 is 0. The van der Waals surface area contributed by atoms with Crippen LogP contribution in [0.3, 0.4) is 0 Å². The number of benzene rings is 1. The van der Waals surface area contributed by atoms with E-state index >= 15 is 0 Å².